The lowest BCUT2D eigenvalue weighted by Gasteiger charge is -2.20. The Bertz CT molecular complexity index is 540. The van der Waals surface area contributed by atoms with Gasteiger partial charge in [0, 0.05) is 6.61 Å². The van der Waals surface area contributed by atoms with Gasteiger partial charge in [0.05, 0.1) is 5.69 Å². The van der Waals surface area contributed by atoms with E-state index < -0.39 is 7.12 Å². The van der Waals surface area contributed by atoms with Crippen molar-refractivity contribution in [1.82, 2.24) is 0 Å². The lowest BCUT2D eigenvalue weighted by atomic mass is 9.73. The van der Waals surface area contributed by atoms with Crippen molar-refractivity contribution in [3.8, 4) is 0 Å². The third kappa shape index (κ3) is 3.76. The van der Waals surface area contributed by atoms with Gasteiger partial charge in [-0.3, -0.25) is 0 Å². The molecule has 0 fully saturated rings. The molecule has 0 radical (unpaired) electrons. The Labute approximate surface area is 119 Å². The largest absolute Gasteiger partial charge is 0.491 e. The van der Waals surface area contributed by atoms with E-state index in [1.165, 1.54) is 0 Å². The second kappa shape index (κ2) is 6.98. The highest BCUT2D eigenvalue weighted by Gasteiger charge is 2.24. The van der Waals surface area contributed by atoms with Gasteiger partial charge in [0.1, 0.15) is 5.76 Å². The van der Waals surface area contributed by atoms with Gasteiger partial charge in [-0.05, 0) is 42.6 Å². The zero-order valence-corrected chi connectivity index (χ0v) is 11.5. The highest BCUT2D eigenvalue weighted by Crippen LogP contribution is 2.13. The maximum Gasteiger partial charge on any atom is 0.491 e. The molecule has 0 saturated heterocycles. The first kappa shape index (κ1) is 14.4. The zero-order chi connectivity index (χ0) is 14.4. The summed E-state index contributed by atoms with van der Waals surface area (Å²) < 4.78 is 5.20. The molecule has 2 rings (SSSR count). The van der Waals surface area contributed by atoms with Crippen LogP contribution in [0.15, 0.2) is 54.8 Å². The van der Waals surface area contributed by atoms with E-state index in [0.717, 1.165) is 23.1 Å². The van der Waals surface area contributed by atoms with Crippen molar-refractivity contribution in [3.63, 3.8) is 0 Å². The highest BCUT2D eigenvalue weighted by atomic mass is 16.6. The summed E-state index contributed by atoms with van der Waals surface area (Å²) in [7, 11) is -0.863. The molecule has 0 aromatic heterocycles. The lowest BCUT2D eigenvalue weighted by molar-refractivity contribution is 0.266. The summed E-state index contributed by atoms with van der Waals surface area (Å²) in [6, 6.07) is 5.69. The van der Waals surface area contributed by atoms with Crippen molar-refractivity contribution < 1.29 is 14.5 Å². The minimum atomic E-state index is -0.863. The van der Waals surface area contributed by atoms with Gasteiger partial charge in [0.25, 0.3) is 0 Å². The lowest BCUT2D eigenvalue weighted by Crippen LogP contribution is -2.41. The van der Waals surface area contributed by atoms with E-state index in [0.29, 0.717) is 12.4 Å². The SMILES string of the molecule is C=C(/C=C\C=C/C)ONc1ccc2c(c1)B(O)OCC2. The Morgan fingerprint density at radius 1 is 1.50 bits per heavy atom. The van der Waals surface area contributed by atoms with Gasteiger partial charge in [0.2, 0.25) is 0 Å². The Hall–Kier alpha value is -1.98. The van der Waals surface area contributed by atoms with Crippen LogP contribution in [0.3, 0.4) is 0 Å². The van der Waals surface area contributed by atoms with E-state index in [1.54, 1.807) is 6.08 Å². The first-order valence-electron chi connectivity index (χ1n) is 6.54. The average Bonchev–Trinajstić information content (AvgIpc) is 2.46. The molecular weight excluding hydrogens is 253 g/mol. The molecule has 1 aromatic carbocycles. The Morgan fingerprint density at radius 3 is 3.15 bits per heavy atom. The summed E-state index contributed by atoms with van der Waals surface area (Å²) in [5.41, 5.74) is 5.42. The molecule has 5 heteroatoms. The molecule has 0 saturated carbocycles. The Kier molecular flexibility index (Phi) is 5.04. The van der Waals surface area contributed by atoms with Crippen LogP contribution in [0.1, 0.15) is 12.5 Å². The second-order valence-electron chi connectivity index (χ2n) is 4.44. The van der Waals surface area contributed by atoms with Crippen LogP contribution in [0.4, 0.5) is 5.69 Å². The van der Waals surface area contributed by atoms with Crippen LogP contribution in [0.5, 0.6) is 0 Å². The number of allylic oxidation sites excluding steroid dienone is 4. The van der Waals surface area contributed by atoms with Gasteiger partial charge >= 0.3 is 7.12 Å². The highest BCUT2D eigenvalue weighted by molar-refractivity contribution is 6.61. The van der Waals surface area contributed by atoms with Crippen LogP contribution in [-0.2, 0) is 15.9 Å². The van der Waals surface area contributed by atoms with Gasteiger partial charge in [-0.25, -0.2) is 5.48 Å². The van der Waals surface area contributed by atoms with Crippen molar-refractivity contribution in [1.29, 1.82) is 0 Å². The fraction of sp³-hybridized carbons (Fsp3) is 0.200. The summed E-state index contributed by atoms with van der Waals surface area (Å²) in [6.07, 6.45) is 8.22. The minimum Gasteiger partial charge on any atom is -0.423 e. The number of rotatable bonds is 5. The minimum absolute atomic E-state index is 0.498. The topological polar surface area (TPSA) is 50.7 Å². The molecule has 4 nitrogen and oxygen atoms in total. The molecule has 1 aromatic rings. The molecule has 0 aliphatic carbocycles. The van der Waals surface area contributed by atoms with Gasteiger partial charge < -0.3 is 14.5 Å². The summed E-state index contributed by atoms with van der Waals surface area (Å²) >= 11 is 0. The third-order valence-corrected chi connectivity index (χ3v) is 2.94. The van der Waals surface area contributed by atoms with Crippen molar-refractivity contribution >= 4 is 18.3 Å². The van der Waals surface area contributed by atoms with Gasteiger partial charge in [-0.1, -0.05) is 30.9 Å². The summed E-state index contributed by atoms with van der Waals surface area (Å²) in [5, 5.41) is 9.78. The fourth-order valence-corrected chi connectivity index (χ4v) is 1.92. The van der Waals surface area contributed by atoms with Crippen molar-refractivity contribution in [2.24, 2.45) is 0 Å². The maximum absolute atomic E-state index is 9.78. The zero-order valence-electron chi connectivity index (χ0n) is 11.5. The monoisotopic (exact) mass is 271 g/mol. The van der Waals surface area contributed by atoms with Crippen LogP contribution < -0.4 is 10.9 Å². The molecular formula is C15H18BNO3. The number of hydrogen-bond acceptors (Lipinski definition) is 4. The van der Waals surface area contributed by atoms with Crippen LogP contribution in [0, 0.1) is 0 Å². The Morgan fingerprint density at radius 2 is 2.35 bits per heavy atom. The molecule has 1 aliphatic rings. The fourth-order valence-electron chi connectivity index (χ4n) is 1.92. The van der Waals surface area contributed by atoms with Crippen molar-refractivity contribution in [3.05, 3.63) is 60.4 Å². The molecule has 0 unspecified atom stereocenters. The number of nitrogens with one attached hydrogen (secondary N) is 1. The van der Waals surface area contributed by atoms with E-state index in [4.69, 9.17) is 9.49 Å². The summed E-state index contributed by atoms with van der Waals surface area (Å²) in [5.74, 6) is 0.498. The molecule has 0 bridgehead atoms. The van der Waals surface area contributed by atoms with Crippen LogP contribution in [-0.4, -0.2) is 18.7 Å². The number of fused-ring (bicyclic) bond motifs is 1. The van der Waals surface area contributed by atoms with Gasteiger partial charge in [0.15, 0.2) is 0 Å². The molecule has 0 amide bonds. The summed E-state index contributed by atoms with van der Waals surface area (Å²) in [6.45, 7) is 6.25. The van der Waals surface area contributed by atoms with Crippen LogP contribution in [0.25, 0.3) is 0 Å². The first-order valence-corrected chi connectivity index (χ1v) is 6.54. The van der Waals surface area contributed by atoms with Crippen LogP contribution in [0.2, 0.25) is 0 Å². The molecule has 104 valence electrons. The van der Waals surface area contributed by atoms with E-state index in [2.05, 4.69) is 12.1 Å². The predicted octanol–water partition coefficient (Wildman–Crippen LogP) is 1.94. The average molecular weight is 271 g/mol. The van der Waals surface area contributed by atoms with Gasteiger partial charge in [-0.2, -0.15) is 0 Å². The normalized spacial score (nSPS) is 14.6. The third-order valence-electron chi connectivity index (χ3n) is 2.94. The van der Waals surface area contributed by atoms with Gasteiger partial charge in [-0.15, -0.1) is 0 Å². The van der Waals surface area contributed by atoms with Crippen molar-refractivity contribution in [2.45, 2.75) is 13.3 Å². The standard InChI is InChI=1S/C15H18BNO3/c1-3-4-5-6-12(2)20-17-14-8-7-13-9-10-19-16(18)15(13)11-14/h3-8,11,17-18H,2,9-10H2,1H3/b4-3-,6-5-. The van der Waals surface area contributed by atoms with E-state index >= 15 is 0 Å². The predicted molar refractivity (Wildman–Crippen MR) is 81.5 cm³/mol. The Balaban J connectivity index is 1.97. The van der Waals surface area contributed by atoms with E-state index in [1.807, 2.05) is 43.4 Å². The second-order valence-corrected chi connectivity index (χ2v) is 4.44. The first-order chi connectivity index (χ1) is 9.70. The van der Waals surface area contributed by atoms with Crippen molar-refractivity contribution in [2.75, 3.05) is 12.1 Å². The number of anilines is 1. The maximum atomic E-state index is 9.78. The van der Waals surface area contributed by atoms with Crippen LogP contribution >= 0.6 is 0 Å². The summed E-state index contributed by atoms with van der Waals surface area (Å²) in [4.78, 5) is 5.31. The van der Waals surface area contributed by atoms with E-state index in [9.17, 15) is 5.02 Å². The quantitative estimate of drug-likeness (QED) is 0.372. The number of hydrogen-bond donors (Lipinski definition) is 2. The molecule has 1 aliphatic heterocycles. The molecule has 0 atom stereocenters. The molecule has 0 spiro atoms. The molecule has 2 N–H and O–H groups in total. The number of benzene rings is 1. The molecule has 20 heavy (non-hydrogen) atoms. The molecule has 1 heterocycles. The van der Waals surface area contributed by atoms with E-state index in [-0.39, 0.29) is 0 Å². The smallest absolute Gasteiger partial charge is 0.423 e.